The van der Waals surface area contributed by atoms with Gasteiger partial charge in [-0.1, -0.05) is 30.7 Å². The molecule has 1 amide bonds. The highest BCUT2D eigenvalue weighted by Crippen LogP contribution is 2.38. The van der Waals surface area contributed by atoms with Crippen molar-refractivity contribution in [2.24, 2.45) is 0 Å². The summed E-state index contributed by atoms with van der Waals surface area (Å²) in [5, 5.41) is 12.5. The number of carbonyl (C=O) groups excluding carboxylic acids is 1. The van der Waals surface area contributed by atoms with Crippen LogP contribution in [0, 0.1) is 0 Å². The van der Waals surface area contributed by atoms with Crippen molar-refractivity contribution < 1.29 is 14.6 Å². The average Bonchev–Trinajstić information content (AvgIpc) is 3.15. The maximum atomic E-state index is 13.4. The van der Waals surface area contributed by atoms with Gasteiger partial charge in [-0.05, 0) is 62.2 Å². The van der Waals surface area contributed by atoms with Crippen LogP contribution in [0.15, 0.2) is 30.3 Å². The van der Waals surface area contributed by atoms with Crippen molar-refractivity contribution in [1.29, 1.82) is 0 Å². The van der Waals surface area contributed by atoms with Gasteiger partial charge in [0.05, 0.1) is 17.7 Å². The van der Waals surface area contributed by atoms with Crippen LogP contribution in [0.2, 0.25) is 0 Å². The van der Waals surface area contributed by atoms with Crippen molar-refractivity contribution in [2.75, 3.05) is 19.8 Å². The maximum Gasteiger partial charge on any atom is 0.260 e. The Labute approximate surface area is 165 Å². The van der Waals surface area contributed by atoms with Crippen molar-refractivity contribution in [2.45, 2.75) is 57.2 Å². The molecule has 2 aliphatic heterocycles. The van der Waals surface area contributed by atoms with Crippen LogP contribution in [0.5, 0.6) is 5.75 Å². The summed E-state index contributed by atoms with van der Waals surface area (Å²) >= 11 is 0. The third-order valence-electron chi connectivity index (χ3n) is 6.61. The van der Waals surface area contributed by atoms with Crippen LogP contribution in [0.3, 0.4) is 0 Å². The quantitative estimate of drug-likeness (QED) is 0.885. The second-order valence-corrected chi connectivity index (χ2v) is 8.41. The molecule has 1 saturated heterocycles. The molecule has 0 spiro atoms. The lowest BCUT2D eigenvalue weighted by atomic mass is 9.96. The van der Waals surface area contributed by atoms with Crippen molar-refractivity contribution >= 4 is 16.7 Å². The normalized spacial score (nSPS) is 25.8. The van der Waals surface area contributed by atoms with Crippen LogP contribution in [0.25, 0.3) is 10.8 Å². The Balaban J connectivity index is 1.54. The van der Waals surface area contributed by atoms with Crippen molar-refractivity contribution in [3.63, 3.8) is 0 Å². The van der Waals surface area contributed by atoms with Gasteiger partial charge < -0.3 is 9.84 Å². The number of likely N-dealkylation sites (tertiary alicyclic amines) is 1. The molecule has 148 valence electrons. The topological polar surface area (TPSA) is 53.0 Å². The van der Waals surface area contributed by atoms with Gasteiger partial charge in [0.2, 0.25) is 0 Å². The zero-order valence-corrected chi connectivity index (χ0v) is 16.3. The summed E-state index contributed by atoms with van der Waals surface area (Å²) < 4.78 is 6.11. The van der Waals surface area contributed by atoms with Gasteiger partial charge in [-0.3, -0.25) is 14.6 Å². The van der Waals surface area contributed by atoms with Gasteiger partial charge in [0.15, 0.2) is 6.73 Å². The van der Waals surface area contributed by atoms with Gasteiger partial charge in [0.1, 0.15) is 5.75 Å². The number of piperidine rings is 1. The first-order chi connectivity index (χ1) is 13.7. The van der Waals surface area contributed by atoms with Gasteiger partial charge in [0, 0.05) is 11.9 Å². The lowest BCUT2D eigenvalue weighted by Crippen LogP contribution is -2.48. The number of hydrogen-bond acceptors (Lipinski definition) is 4. The van der Waals surface area contributed by atoms with Crippen LogP contribution in [0.4, 0.5) is 0 Å². The van der Waals surface area contributed by atoms with Crippen LogP contribution in [0.1, 0.15) is 54.4 Å². The maximum absolute atomic E-state index is 13.4. The highest BCUT2D eigenvalue weighted by atomic mass is 16.5. The molecule has 0 bridgehead atoms. The highest BCUT2D eigenvalue weighted by molar-refractivity contribution is 6.06. The van der Waals surface area contributed by atoms with E-state index < -0.39 is 6.10 Å². The van der Waals surface area contributed by atoms with E-state index in [4.69, 9.17) is 4.74 Å². The molecule has 3 aliphatic rings. The molecule has 1 saturated carbocycles. The van der Waals surface area contributed by atoms with E-state index in [9.17, 15) is 9.90 Å². The zero-order chi connectivity index (χ0) is 19.1. The Morgan fingerprint density at radius 3 is 2.57 bits per heavy atom. The number of hydrogen-bond donors (Lipinski definition) is 1. The first-order valence-corrected chi connectivity index (χ1v) is 10.6. The third-order valence-corrected chi connectivity index (χ3v) is 6.61. The summed E-state index contributed by atoms with van der Waals surface area (Å²) in [6, 6.07) is 10.2. The summed E-state index contributed by atoms with van der Waals surface area (Å²) in [7, 11) is 0. The average molecular weight is 380 g/mol. The minimum Gasteiger partial charge on any atom is -0.472 e. The Bertz CT molecular complexity index is 891. The molecule has 0 radical (unpaired) electrons. The first-order valence-electron chi connectivity index (χ1n) is 10.6. The molecule has 28 heavy (non-hydrogen) atoms. The Kier molecular flexibility index (Phi) is 4.73. The van der Waals surface area contributed by atoms with Crippen molar-refractivity contribution in [3.8, 4) is 5.75 Å². The third kappa shape index (κ3) is 3.07. The summed E-state index contributed by atoms with van der Waals surface area (Å²) in [6.45, 7) is 3.34. The lowest BCUT2D eigenvalue weighted by Gasteiger charge is -2.36. The summed E-state index contributed by atoms with van der Waals surface area (Å²) in [6.07, 6.45) is 5.94. The summed E-state index contributed by atoms with van der Waals surface area (Å²) in [5.41, 5.74) is 1.85. The standard InChI is InChI=1S/C23H28N2O3/c26-21-10-6-9-20(21)25-15-28-22-18-8-3-2-7-17(18)16(13-19(22)23(25)27)14-24-11-4-1-5-12-24/h2-3,7-8,13,20-21,26H,1,4-6,9-12,14-15H2/t20-,21-/m0/s1. The fraction of sp³-hybridized carbons (Fsp3) is 0.522. The molecule has 1 N–H and O–H groups in total. The largest absolute Gasteiger partial charge is 0.472 e. The van der Waals surface area contributed by atoms with E-state index >= 15 is 0 Å². The van der Waals surface area contributed by atoms with Crippen molar-refractivity contribution in [1.82, 2.24) is 9.80 Å². The predicted octanol–water partition coefficient (Wildman–Crippen LogP) is 3.53. The predicted molar refractivity (Wildman–Crippen MR) is 108 cm³/mol. The Morgan fingerprint density at radius 1 is 1.04 bits per heavy atom. The molecular weight excluding hydrogens is 352 g/mol. The molecule has 5 nitrogen and oxygen atoms in total. The Hall–Kier alpha value is -2.11. The second-order valence-electron chi connectivity index (χ2n) is 8.41. The number of carbonyl (C=O) groups is 1. The number of ether oxygens (including phenoxy) is 1. The number of benzene rings is 2. The first kappa shape index (κ1) is 18.0. The van der Waals surface area contributed by atoms with Gasteiger partial charge in [-0.15, -0.1) is 0 Å². The van der Waals surface area contributed by atoms with E-state index in [2.05, 4.69) is 23.1 Å². The summed E-state index contributed by atoms with van der Waals surface area (Å²) in [4.78, 5) is 17.6. The number of fused-ring (bicyclic) bond motifs is 3. The van der Waals surface area contributed by atoms with Gasteiger partial charge in [0.25, 0.3) is 5.91 Å². The van der Waals surface area contributed by atoms with Gasteiger partial charge in [-0.25, -0.2) is 0 Å². The van der Waals surface area contributed by atoms with Crippen LogP contribution < -0.4 is 4.74 Å². The molecule has 2 atom stereocenters. The fourth-order valence-electron chi connectivity index (χ4n) is 5.11. The van der Waals surface area contributed by atoms with E-state index in [1.54, 1.807) is 4.90 Å². The van der Waals surface area contributed by atoms with E-state index in [-0.39, 0.29) is 18.7 Å². The molecule has 0 unspecified atom stereocenters. The van der Waals surface area contributed by atoms with E-state index in [1.807, 2.05) is 12.1 Å². The fourth-order valence-corrected chi connectivity index (χ4v) is 5.11. The van der Waals surface area contributed by atoms with Gasteiger partial charge in [-0.2, -0.15) is 0 Å². The second kappa shape index (κ2) is 7.37. The zero-order valence-electron chi connectivity index (χ0n) is 16.3. The molecule has 2 heterocycles. The summed E-state index contributed by atoms with van der Waals surface area (Å²) in [5.74, 6) is 0.699. The van der Waals surface area contributed by atoms with Crippen molar-refractivity contribution in [3.05, 3.63) is 41.5 Å². The van der Waals surface area contributed by atoms with E-state index in [1.165, 1.54) is 30.2 Å². The van der Waals surface area contributed by atoms with Crippen LogP contribution in [-0.2, 0) is 6.54 Å². The smallest absolute Gasteiger partial charge is 0.260 e. The number of aliphatic hydroxyl groups excluding tert-OH is 1. The SMILES string of the molecule is O=C1c2cc(CN3CCCCC3)c3ccccc3c2OCN1[C@H]1CCC[C@@H]1O. The molecular formula is C23H28N2O3. The Morgan fingerprint density at radius 2 is 1.82 bits per heavy atom. The number of aliphatic hydroxyl groups is 1. The van der Waals surface area contributed by atoms with Gasteiger partial charge >= 0.3 is 0 Å². The molecule has 2 aromatic rings. The number of amides is 1. The minimum atomic E-state index is -0.442. The monoisotopic (exact) mass is 380 g/mol. The molecule has 5 heteroatoms. The lowest BCUT2D eigenvalue weighted by molar-refractivity contribution is 0.0132. The number of rotatable bonds is 3. The molecule has 2 aromatic carbocycles. The highest BCUT2D eigenvalue weighted by Gasteiger charge is 2.38. The van der Waals surface area contributed by atoms with Crippen LogP contribution >= 0.6 is 0 Å². The molecule has 0 aromatic heterocycles. The van der Waals surface area contributed by atoms with E-state index in [0.29, 0.717) is 11.3 Å². The molecule has 5 rings (SSSR count). The number of nitrogens with zero attached hydrogens (tertiary/aromatic N) is 2. The van der Waals surface area contributed by atoms with Crippen LogP contribution in [-0.4, -0.2) is 52.8 Å². The molecule has 2 fully saturated rings. The van der Waals surface area contributed by atoms with E-state index in [0.717, 1.165) is 44.3 Å². The molecule has 1 aliphatic carbocycles. The minimum absolute atomic E-state index is 0.00199.